The molecule has 0 heterocycles. The molecule has 4 N–H and O–H groups in total. The lowest BCUT2D eigenvalue weighted by molar-refractivity contribution is -0.000942. The Morgan fingerprint density at radius 1 is 0.893 bits per heavy atom. The SMILES string of the molecule is CNCCOCCOCCOCCOCCNC(=O)c1cccc(B(O)O)c1. The first-order valence-electron chi connectivity index (χ1n) is 9.35. The van der Waals surface area contributed by atoms with Crippen LogP contribution in [0.1, 0.15) is 10.4 Å². The van der Waals surface area contributed by atoms with Crippen molar-refractivity contribution in [2.24, 2.45) is 0 Å². The van der Waals surface area contributed by atoms with Gasteiger partial charge in [0.25, 0.3) is 5.91 Å². The average molecular weight is 398 g/mol. The third-order valence-corrected chi connectivity index (χ3v) is 3.59. The van der Waals surface area contributed by atoms with Crippen LogP contribution in [-0.4, -0.2) is 96.1 Å². The predicted molar refractivity (Wildman–Crippen MR) is 106 cm³/mol. The van der Waals surface area contributed by atoms with E-state index < -0.39 is 7.12 Å². The van der Waals surface area contributed by atoms with Crippen molar-refractivity contribution in [3.8, 4) is 0 Å². The monoisotopic (exact) mass is 398 g/mol. The van der Waals surface area contributed by atoms with Crippen molar-refractivity contribution in [1.29, 1.82) is 0 Å². The largest absolute Gasteiger partial charge is 0.488 e. The van der Waals surface area contributed by atoms with E-state index in [1.807, 2.05) is 7.05 Å². The van der Waals surface area contributed by atoms with Gasteiger partial charge in [-0.15, -0.1) is 0 Å². The van der Waals surface area contributed by atoms with Crippen LogP contribution in [0.15, 0.2) is 24.3 Å². The fourth-order valence-electron chi connectivity index (χ4n) is 2.12. The maximum absolute atomic E-state index is 12.0. The highest BCUT2D eigenvalue weighted by Crippen LogP contribution is 1.97. The minimum atomic E-state index is -1.60. The molecule has 0 aliphatic rings. The Kier molecular flexibility index (Phi) is 14.4. The zero-order valence-electron chi connectivity index (χ0n) is 16.4. The number of carbonyl (C=O) groups excluding carboxylic acids is 1. The Morgan fingerprint density at radius 2 is 1.43 bits per heavy atom. The second-order valence-corrected chi connectivity index (χ2v) is 5.81. The number of carbonyl (C=O) groups is 1. The summed E-state index contributed by atoms with van der Waals surface area (Å²) >= 11 is 0. The molecular formula is C18H31BN2O7. The Hall–Kier alpha value is -1.53. The van der Waals surface area contributed by atoms with E-state index >= 15 is 0 Å². The van der Waals surface area contributed by atoms with Crippen LogP contribution in [0.25, 0.3) is 0 Å². The van der Waals surface area contributed by atoms with E-state index in [1.165, 1.54) is 12.1 Å². The van der Waals surface area contributed by atoms with Crippen molar-refractivity contribution in [3.63, 3.8) is 0 Å². The van der Waals surface area contributed by atoms with E-state index in [2.05, 4.69) is 10.6 Å². The smallest absolute Gasteiger partial charge is 0.423 e. The normalized spacial score (nSPS) is 10.8. The van der Waals surface area contributed by atoms with Gasteiger partial charge in [-0.25, -0.2) is 0 Å². The molecule has 0 radical (unpaired) electrons. The van der Waals surface area contributed by atoms with Crippen LogP contribution in [0.2, 0.25) is 0 Å². The van der Waals surface area contributed by atoms with Crippen LogP contribution in [0.5, 0.6) is 0 Å². The first kappa shape index (κ1) is 24.5. The van der Waals surface area contributed by atoms with Gasteiger partial charge in [-0.3, -0.25) is 4.79 Å². The molecule has 0 aliphatic carbocycles. The van der Waals surface area contributed by atoms with E-state index in [4.69, 9.17) is 29.0 Å². The molecule has 1 amide bonds. The topological polar surface area (TPSA) is 119 Å². The Balaban J connectivity index is 1.91. The highest BCUT2D eigenvalue weighted by molar-refractivity contribution is 6.58. The fourth-order valence-corrected chi connectivity index (χ4v) is 2.12. The summed E-state index contributed by atoms with van der Waals surface area (Å²) in [6, 6.07) is 6.17. The number of rotatable bonds is 17. The van der Waals surface area contributed by atoms with Gasteiger partial charge in [0.2, 0.25) is 0 Å². The molecule has 0 spiro atoms. The number of likely N-dealkylation sites (N-methyl/N-ethyl adjacent to an activating group) is 1. The van der Waals surface area contributed by atoms with Crippen LogP contribution in [0.3, 0.4) is 0 Å². The summed E-state index contributed by atoms with van der Waals surface area (Å²) in [5.41, 5.74) is 0.632. The number of ether oxygens (including phenoxy) is 4. The Bertz CT molecular complexity index is 534. The molecule has 1 aromatic carbocycles. The molecule has 0 aromatic heterocycles. The molecule has 0 fully saturated rings. The summed E-state index contributed by atoms with van der Waals surface area (Å²) in [4.78, 5) is 12.0. The van der Waals surface area contributed by atoms with Crippen LogP contribution in [0, 0.1) is 0 Å². The summed E-state index contributed by atoms with van der Waals surface area (Å²) in [6.07, 6.45) is 0. The van der Waals surface area contributed by atoms with Crippen LogP contribution >= 0.6 is 0 Å². The molecule has 0 unspecified atom stereocenters. The number of amides is 1. The van der Waals surface area contributed by atoms with Crippen molar-refractivity contribution < 1.29 is 33.8 Å². The summed E-state index contributed by atoms with van der Waals surface area (Å²) in [5.74, 6) is -0.297. The van der Waals surface area contributed by atoms with E-state index in [0.717, 1.165) is 6.54 Å². The molecule has 10 heteroatoms. The Morgan fingerprint density at radius 3 is 1.96 bits per heavy atom. The lowest BCUT2D eigenvalue weighted by Gasteiger charge is -2.09. The summed E-state index contributed by atoms with van der Waals surface area (Å²) in [6.45, 7) is 5.20. The average Bonchev–Trinajstić information content (AvgIpc) is 2.70. The van der Waals surface area contributed by atoms with Gasteiger partial charge in [0.15, 0.2) is 0 Å². The van der Waals surface area contributed by atoms with Gasteiger partial charge in [0.05, 0.1) is 52.9 Å². The summed E-state index contributed by atoms with van der Waals surface area (Å²) in [5, 5.41) is 23.9. The van der Waals surface area contributed by atoms with E-state index in [0.29, 0.717) is 65.0 Å². The van der Waals surface area contributed by atoms with Crippen LogP contribution in [-0.2, 0) is 18.9 Å². The standard InChI is InChI=1S/C18H31BN2O7/c1-20-5-7-25-9-11-27-13-14-28-12-10-26-8-6-21-18(22)16-3-2-4-17(15-16)19(23)24/h2-4,15,20,23-24H,5-14H2,1H3,(H,21,22). The lowest BCUT2D eigenvalue weighted by atomic mass is 9.79. The van der Waals surface area contributed by atoms with Gasteiger partial charge in [-0.2, -0.15) is 0 Å². The zero-order valence-corrected chi connectivity index (χ0v) is 16.4. The summed E-state index contributed by atoms with van der Waals surface area (Å²) in [7, 11) is 0.279. The highest BCUT2D eigenvalue weighted by Gasteiger charge is 2.13. The minimum Gasteiger partial charge on any atom is -0.423 e. The molecule has 0 saturated carbocycles. The molecule has 28 heavy (non-hydrogen) atoms. The summed E-state index contributed by atoms with van der Waals surface area (Å²) < 4.78 is 21.4. The number of nitrogens with one attached hydrogen (secondary N) is 2. The second kappa shape index (κ2) is 16.4. The molecule has 0 bridgehead atoms. The van der Waals surface area contributed by atoms with Gasteiger partial charge >= 0.3 is 7.12 Å². The van der Waals surface area contributed by atoms with Crippen molar-refractivity contribution in [3.05, 3.63) is 29.8 Å². The van der Waals surface area contributed by atoms with Crippen molar-refractivity contribution in [2.75, 3.05) is 73.0 Å². The van der Waals surface area contributed by atoms with Gasteiger partial charge < -0.3 is 39.6 Å². The Labute approximate surface area is 166 Å². The third-order valence-electron chi connectivity index (χ3n) is 3.59. The first-order chi connectivity index (χ1) is 13.6. The molecule has 1 aromatic rings. The molecule has 158 valence electrons. The molecular weight excluding hydrogens is 367 g/mol. The van der Waals surface area contributed by atoms with Crippen molar-refractivity contribution in [2.45, 2.75) is 0 Å². The maximum Gasteiger partial charge on any atom is 0.488 e. The fraction of sp³-hybridized carbons (Fsp3) is 0.611. The van der Waals surface area contributed by atoms with Crippen molar-refractivity contribution >= 4 is 18.5 Å². The number of benzene rings is 1. The van der Waals surface area contributed by atoms with Gasteiger partial charge in [0.1, 0.15) is 0 Å². The molecule has 0 atom stereocenters. The number of hydrogen-bond acceptors (Lipinski definition) is 8. The minimum absolute atomic E-state index is 0.270. The lowest BCUT2D eigenvalue weighted by Crippen LogP contribution is -2.32. The maximum atomic E-state index is 12.0. The molecule has 0 saturated heterocycles. The van der Waals surface area contributed by atoms with Crippen molar-refractivity contribution in [1.82, 2.24) is 10.6 Å². The van der Waals surface area contributed by atoms with Crippen LogP contribution in [0.4, 0.5) is 0 Å². The van der Waals surface area contributed by atoms with E-state index in [1.54, 1.807) is 12.1 Å². The molecule has 9 nitrogen and oxygen atoms in total. The van der Waals surface area contributed by atoms with E-state index in [9.17, 15) is 4.79 Å². The van der Waals surface area contributed by atoms with E-state index in [-0.39, 0.29) is 11.4 Å². The second-order valence-electron chi connectivity index (χ2n) is 5.81. The van der Waals surface area contributed by atoms with Gasteiger partial charge in [-0.1, -0.05) is 12.1 Å². The quantitative estimate of drug-likeness (QED) is 0.183. The first-order valence-corrected chi connectivity index (χ1v) is 9.35. The van der Waals surface area contributed by atoms with Gasteiger partial charge in [-0.05, 0) is 24.6 Å². The molecule has 0 aliphatic heterocycles. The van der Waals surface area contributed by atoms with Gasteiger partial charge in [0, 0.05) is 18.7 Å². The zero-order chi connectivity index (χ0) is 20.5. The highest BCUT2D eigenvalue weighted by atomic mass is 16.6. The number of hydrogen-bond donors (Lipinski definition) is 4. The molecule has 1 rings (SSSR count). The predicted octanol–water partition coefficient (Wildman–Crippen LogP) is -1.62. The third kappa shape index (κ3) is 12.0. The van der Waals surface area contributed by atoms with Crippen LogP contribution < -0.4 is 16.1 Å².